The smallest absolute Gasteiger partial charge is 0.0759 e. The largest absolute Gasteiger partial charge is 0.399 e. The molecular weight excluding hydrogens is 176 g/mol. The van der Waals surface area contributed by atoms with Crippen molar-refractivity contribution in [1.29, 1.82) is 0 Å². The summed E-state index contributed by atoms with van der Waals surface area (Å²) in [5.41, 5.74) is 13.4. The maximum absolute atomic E-state index is 5.78. The van der Waals surface area contributed by atoms with E-state index in [0.717, 1.165) is 17.7 Å². The molecule has 0 aliphatic rings. The summed E-state index contributed by atoms with van der Waals surface area (Å²) in [6.07, 6.45) is 0.857. The van der Waals surface area contributed by atoms with Crippen LogP contribution in [0.15, 0.2) is 24.3 Å². The second-order valence-corrected chi connectivity index (χ2v) is 3.58. The molecule has 0 amide bonds. The molecule has 3 heteroatoms. The zero-order valence-electron chi connectivity index (χ0n) is 8.73. The Labute approximate surface area is 85.0 Å². The van der Waals surface area contributed by atoms with Crippen LogP contribution in [0.2, 0.25) is 0 Å². The Hall–Kier alpha value is -1.06. The second-order valence-electron chi connectivity index (χ2n) is 3.58. The average Bonchev–Trinajstić information content (AvgIpc) is 2.14. The quantitative estimate of drug-likeness (QED) is 0.707. The van der Waals surface area contributed by atoms with Gasteiger partial charge in [-0.15, -0.1) is 0 Å². The molecule has 3 nitrogen and oxygen atoms in total. The van der Waals surface area contributed by atoms with Crippen molar-refractivity contribution in [3.05, 3.63) is 29.8 Å². The van der Waals surface area contributed by atoms with Crippen LogP contribution < -0.4 is 11.5 Å². The van der Waals surface area contributed by atoms with E-state index >= 15 is 0 Å². The topological polar surface area (TPSA) is 61.3 Å². The van der Waals surface area contributed by atoms with E-state index in [1.54, 1.807) is 7.11 Å². The second kappa shape index (κ2) is 4.98. The molecule has 1 rings (SSSR count). The van der Waals surface area contributed by atoms with Gasteiger partial charge in [0.05, 0.1) is 6.10 Å². The molecule has 0 fully saturated rings. The van der Waals surface area contributed by atoms with Gasteiger partial charge >= 0.3 is 0 Å². The Morgan fingerprint density at radius 1 is 1.43 bits per heavy atom. The maximum atomic E-state index is 5.78. The van der Waals surface area contributed by atoms with Crippen molar-refractivity contribution in [3.63, 3.8) is 0 Å². The summed E-state index contributed by atoms with van der Waals surface area (Å²) in [7, 11) is 1.68. The number of ether oxygens (including phenoxy) is 1. The molecule has 1 aromatic carbocycles. The first-order valence-corrected chi connectivity index (χ1v) is 4.76. The fourth-order valence-electron chi connectivity index (χ4n) is 1.44. The van der Waals surface area contributed by atoms with E-state index in [1.165, 1.54) is 0 Å². The van der Waals surface area contributed by atoms with Gasteiger partial charge in [-0.25, -0.2) is 0 Å². The highest BCUT2D eigenvalue weighted by Gasteiger charge is 2.12. The van der Waals surface area contributed by atoms with Crippen LogP contribution in [0.4, 0.5) is 5.69 Å². The summed E-state index contributed by atoms with van der Waals surface area (Å²) in [4.78, 5) is 0. The molecular formula is C11H18N2O. The number of hydrogen-bond donors (Lipinski definition) is 2. The lowest BCUT2D eigenvalue weighted by Crippen LogP contribution is -2.34. The summed E-state index contributed by atoms with van der Waals surface area (Å²) in [5.74, 6) is 0. The number of hydrogen-bond acceptors (Lipinski definition) is 3. The van der Waals surface area contributed by atoms with Gasteiger partial charge in [0, 0.05) is 25.3 Å². The van der Waals surface area contributed by atoms with Gasteiger partial charge in [-0.3, -0.25) is 0 Å². The SMILES string of the molecule is COC(Cc1cccc(N)c1)C(C)N. The van der Waals surface area contributed by atoms with Crippen LogP contribution in [0.1, 0.15) is 12.5 Å². The van der Waals surface area contributed by atoms with Gasteiger partial charge < -0.3 is 16.2 Å². The molecule has 0 aromatic heterocycles. The predicted molar refractivity (Wildman–Crippen MR) is 59.0 cm³/mol. The van der Waals surface area contributed by atoms with E-state index in [0.29, 0.717) is 0 Å². The van der Waals surface area contributed by atoms with E-state index in [4.69, 9.17) is 16.2 Å². The molecule has 2 atom stereocenters. The van der Waals surface area contributed by atoms with Crippen LogP contribution >= 0.6 is 0 Å². The molecule has 0 saturated carbocycles. The molecule has 0 aliphatic heterocycles. The molecule has 0 radical (unpaired) electrons. The molecule has 0 heterocycles. The van der Waals surface area contributed by atoms with Gasteiger partial charge in [-0.1, -0.05) is 12.1 Å². The van der Waals surface area contributed by atoms with E-state index in [-0.39, 0.29) is 12.1 Å². The normalized spacial score (nSPS) is 15.1. The lowest BCUT2D eigenvalue weighted by molar-refractivity contribution is 0.0855. The highest BCUT2D eigenvalue weighted by atomic mass is 16.5. The average molecular weight is 194 g/mol. The first-order valence-electron chi connectivity index (χ1n) is 4.76. The maximum Gasteiger partial charge on any atom is 0.0759 e. The van der Waals surface area contributed by atoms with E-state index < -0.39 is 0 Å². The number of anilines is 1. The highest BCUT2D eigenvalue weighted by molar-refractivity contribution is 5.40. The van der Waals surface area contributed by atoms with Crippen molar-refractivity contribution < 1.29 is 4.74 Å². The van der Waals surface area contributed by atoms with Crippen LogP contribution in [-0.2, 0) is 11.2 Å². The van der Waals surface area contributed by atoms with E-state index in [2.05, 4.69) is 0 Å². The van der Waals surface area contributed by atoms with Crippen molar-refractivity contribution in [2.24, 2.45) is 5.73 Å². The number of benzene rings is 1. The fraction of sp³-hybridized carbons (Fsp3) is 0.455. The van der Waals surface area contributed by atoms with Crippen molar-refractivity contribution >= 4 is 5.69 Å². The molecule has 2 unspecified atom stereocenters. The number of methoxy groups -OCH3 is 1. The standard InChI is InChI=1S/C11H18N2O/c1-8(12)11(14-2)7-9-4-3-5-10(13)6-9/h3-6,8,11H,7,12-13H2,1-2H3. The van der Waals surface area contributed by atoms with Crippen LogP contribution in [-0.4, -0.2) is 19.3 Å². The van der Waals surface area contributed by atoms with Crippen molar-refractivity contribution in [2.45, 2.75) is 25.5 Å². The van der Waals surface area contributed by atoms with Crippen LogP contribution in [0.3, 0.4) is 0 Å². The summed E-state index contributed by atoms with van der Waals surface area (Å²) < 4.78 is 5.29. The molecule has 78 valence electrons. The minimum absolute atomic E-state index is 0.0291. The summed E-state index contributed by atoms with van der Waals surface area (Å²) in [6.45, 7) is 1.94. The summed E-state index contributed by atoms with van der Waals surface area (Å²) in [6, 6.07) is 7.83. The third-order valence-corrected chi connectivity index (χ3v) is 2.28. The highest BCUT2D eigenvalue weighted by Crippen LogP contribution is 2.11. The van der Waals surface area contributed by atoms with Crippen molar-refractivity contribution in [1.82, 2.24) is 0 Å². The molecule has 0 saturated heterocycles. The zero-order chi connectivity index (χ0) is 10.6. The van der Waals surface area contributed by atoms with Gasteiger partial charge in [0.25, 0.3) is 0 Å². The summed E-state index contributed by atoms with van der Waals surface area (Å²) in [5, 5.41) is 0. The number of nitrogens with two attached hydrogens (primary N) is 2. The van der Waals surface area contributed by atoms with Gasteiger partial charge in [-0.05, 0) is 24.6 Å². The zero-order valence-corrected chi connectivity index (χ0v) is 8.73. The molecule has 0 bridgehead atoms. The Morgan fingerprint density at radius 3 is 2.64 bits per heavy atom. The molecule has 0 spiro atoms. The van der Waals surface area contributed by atoms with E-state index in [1.807, 2.05) is 31.2 Å². The monoisotopic (exact) mass is 194 g/mol. The third kappa shape index (κ3) is 3.01. The Bertz CT molecular complexity index is 286. The Morgan fingerprint density at radius 2 is 2.14 bits per heavy atom. The Kier molecular flexibility index (Phi) is 3.92. The molecule has 14 heavy (non-hydrogen) atoms. The first kappa shape index (κ1) is 11.0. The minimum Gasteiger partial charge on any atom is -0.399 e. The number of nitrogen functional groups attached to an aromatic ring is 1. The lowest BCUT2D eigenvalue weighted by Gasteiger charge is -2.19. The lowest BCUT2D eigenvalue weighted by atomic mass is 10.0. The Balaban J connectivity index is 2.67. The number of rotatable bonds is 4. The molecule has 1 aromatic rings. The van der Waals surface area contributed by atoms with Gasteiger partial charge in [-0.2, -0.15) is 0 Å². The summed E-state index contributed by atoms with van der Waals surface area (Å²) >= 11 is 0. The van der Waals surface area contributed by atoms with Crippen molar-refractivity contribution in [3.8, 4) is 0 Å². The van der Waals surface area contributed by atoms with Gasteiger partial charge in [0.2, 0.25) is 0 Å². The molecule has 4 N–H and O–H groups in total. The van der Waals surface area contributed by atoms with Gasteiger partial charge in [0.1, 0.15) is 0 Å². The minimum atomic E-state index is 0.0291. The first-order chi connectivity index (χ1) is 6.63. The predicted octanol–water partition coefficient (Wildman–Crippen LogP) is 1.17. The van der Waals surface area contributed by atoms with Crippen molar-refractivity contribution in [2.75, 3.05) is 12.8 Å². The molecule has 0 aliphatic carbocycles. The fourth-order valence-corrected chi connectivity index (χ4v) is 1.44. The van der Waals surface area contributed by atoms with E-state index in [9.17, 15) is 0 Å². The van der Waals surface area contributed by atoms with Gasteiger partial charge in [0.15, 0.2) is 0 Å². The van der Waals surface area contributed by atoms with Crippen LogP contribution in [0, 0.1) is 0 Å². The van der Waals surface area contributed by atoms with Crippen LogP contribution in [0.25, 0.3) is 0 Å². The van der Waals surface area contributed by atoms with Crippen LogP contribution in [0.5, 0.6) is 0 Å². The third-order valence-electron chi connectivity index (χ3n) is 2.28.